The van der Waals surface area contributed by atoms with Crippen LogP contribution in [0.3, 0.4) is 0 Å². The number of hydrogen-bond donors (Lipinski definition) is 2. The Morgan fingerprint density at radius 2 is 1.88 bits per heavy atom. The highest BCUT2D eigenvalue weighted by Gasteiger charge is 2.00. The highest BCUT2D eigenvalue weighted by Crippen LogP contribution is 1.80. The molecule has 0 saturated carbocycles. The number of hydrogen-bond acceptors (Lipinski definition) is 3. The van der Waals surface area contributed by atoms with Crippen LogP contribution in [0.1, 0.15) is 6.92 Å². The third-order valence-corrected chi connectivity index (χ3v) is 1.35. The Kier molecular flexibility index (Phi) is 3.77. The molecule has 0 aromatic carbocycles. The van der Waals surface area contributed by atoms with Crippen LogP contribution in [0.25, 0.3) is 0 Å². The molecule has 3 heteroatoms. The first-order valence-corrected chi connectivity index (χ1v) is 2.80. The van der Waals surface area contributed by atoms with Crippen LogP contribution >= 0.6 is 0 Å². The Bertz CT molecular complexity index is 47.6. The Morgan fingerprint density at radius 1 is 1.38 bits per heavy atom. The molecule has 1 unspecified atom stereocenters. The van der Waals surface area contributed by atoms with E-state index in [1.54, 1.807) is 0 Å². The second-order valence-electron chi connectivity index (χ2n) is 1.80. The Labute approximate surface area is 51.0 Å². The maximum absolute atomic E-state index is 3.08. The molecule has 0 aliphatic rings. The van der Waals surface area contributed by atoms with E-state index in [0.717, 1.165) is 0 Å². The number of hydrazine groups is 1. The summed E-state index contributed by atoms with van der Waals surface area (Å²) in [5, 5.41) is 5.07. The van der Waals surface area contributed by atoms with Crippen molar-refractivity contribution in [2.24, 2.45) is 0 Å². The molecule has 0 aromatic heterocycles. The van der Waals surface area contributed by atoms with E-state index in [-0.39, 0.29) is 0 Å². The first-order chi connectivity index (χ1) is 3.72. The summed E-state index contributed by atoms with van der Waals surface area (Å²) in [5.41, 5.74) is 2.99. The highest BCUT2D eigenvalue weighted by atomic mass is 15.5. The summed E-state index contributed by atoms with van der Waals surface area (Å²) in [5.74, 6) is 0. The molecule has 0 aliphatic heterocycles. The molecule has 0 aromatic rings. The van der Waals surface area contributed by atoms with E-state index >= 15 is 0 Å². The molecule has 3 nitrogen and oxygen atoms in total. The van der Waals surface area contributed by atoms with Crippen molar-refractivity contribution in [2.75, 3.05) is 21.1 Å². The van der Waals surface area contributed by atoms with Gasteiger partial charge in [-0.2, -0.15) is 0 Å². The summed E-state index contributed by atoms with van der Waals surface area (Å²) in [6.45, 7) is 2.08. The van der Waals surface area contributed by atoms with Crippen LogP contribution in [0.4, 0.5) is 0 Å². The van der Waals surface area contributed by atoms with E-state index in [2.05, 4.69) is 17.7 Å². The fourth-order valence-corrected chi connectivity index (χ4v) is 0.387. The molecule has 2 N–H and O–H groups in total. The van der Waals surface area contributed by atoms with Crippen LogP contribution < -0.4 is 10.7 Å². The first-order valence-electron chi connectivity index (χ1n) is 2.80. The van der Waals surface area contributed by atoms with Gasteiger partial charge in [0.2, 0.25) is 0 Å². The predicted octanol–water partition coefficient (Wildman–Crippen LogP) is -0.382. The smallest absolute Gasteiger partial charge is 0.0698 e. The minimum atomic E-state index is 0.389. The van der Waals surface area contributed by atoms with Crippen LogP contribution in [0.2, 0.25) is 0 Å². The van der Waals surface area contributed by atoms with Crippen molar-refractivity contribution in [3.63, 3.8) is 0 Å². The summed E-state index contributed by atoms with van der Waals surface area (Å²) in [4.78, 5) is 0. The van der Waals surface area contributed by atoms with E-state index in [0.29, 0.717) is 6.17 Å². The van der Waals surface area contributed by atoms with Crippen LogP contribution in [0.15, 0.2) is 0 Å². The monoisotopic (exact) mass is 117 g/mol. The molecule has 0 aliphatic carbocycles. The topological polar surface area (TPSA) is 27.3 Å². The molecule has 50 valence electrons. The van der Waals surface area contributed by atoms with Gasteiger partial charge in [0.1, 0.15) is 0 Å². The van der Waals surface area contributed by atoms with Gasteiger partial charge in [0.15, 0.2) is 0 Å². The highest BCUT2D eigenvalue weighted by molar-refractivity contribution is 4.49. The molecule has 1 atom stereocenters. The average Bonchev–Trinajstić information content (AvgIpc) is 1.84. The second-order valence-corrected chi connectivity index (χ2v) is 1.80. The maximum Gasteiger partial charge on any atom is 0.0698 e. The van der Waals surface area contributed by atoms with E-state index in [9.17, 15) is 0 Å². The van der Waals surface area contributed by atoms with Crippen LogP contribution in [-0.4, -0.2) is 32.3 Å². The molecule has 0 fully saturated rings. The average molecular weight is 117 g/mol. The lowest BCUT2D eigenvalue weighted by atomic mass is 10.6. The molecule has 0 saturated heterocycles. The normalized spacial score (nSPS) is 14.6. The summed E-state index contributed by atoms with van der Waals surface area (Å²) < 4.78 is 0. The molecule has 0 spiro atoms. The van der Waals surface area contributed by atoms with Gasteiger partial charge in [0.25, 0.3) is 0 Å². The van der Waals surface area contributed by atoms with Crippen molar-refractivity contribution in [2.45, 2.75) is 13.1 Å². The summed E-state index contributed by atoms with van der Waals surface area (Å²) >= 11 is 0. The van der Waals surface area contributed by atoms with Crippen LogP contribution in [-0.2, 0) is 0 Å². The molecular formula is C5H15N3. The molecule has 8 heavy (non-hydrogen) atoms. The second kappa shape index (κ2) is 3.83. The van der Waals surface area contributed by atoms with Gasteiger partial charge >= 0.3 is 0 Å². The zero-order chi connectivity index (χ0) is 6.57. The summed E-state index contributed by atoms with van der Waals surface area (Å²) in [6.07, 6.45) is 0.389. The third-order valence-electron chi connectivity index (χ3n) is 1.35. The number of rotatable bonds is 3. The van der Waals surface area contributed by atoms with Crippen molar-refractivity contribution < 1.29 is 0 Å². The summed E-state index contributed by atoms with van der Waals surface area (Å²) in [7, 11) is 5.81. The van der Waals surface area contributed by atoms with Crippen molar-refractivity contribution in [1.82, 2.24) is 15.8 Å². The minimum absolute atomic E-state index is 0.389. The third kappa shape index (κ3) is 2.26. The fraction of sp³-hybridized carbons (Fsp3) is 1.00. The van der Waals surface area contributed by atoms with Crippen molar-refractivity contribution in [3.05, 3.63) is 0 Å². The van der Waals surface area contributed by atoms with E-state index in [1.165, 1.54) is 0 Å². The quantitative estimate of drug-likeness (QED) is 0.390. The van der Waals surface area contributed by atoms with Crippen LogP contribution in [0, 0.1) is 0 Å². The zero-order valence-electron chi connectivity index (χ0n) is 6.02. The van der Waals surface area contributed by atoms with Gasteiger partial charge in [-0.25, -0.2) is 5.01 Å². The van der Waals surface area contributed by atoms with Crippen LogP contribution in [0.5, 0.6) is 0 Å². The Morgan fingerprint density at radius 3 is 2.00 bits per heavy atom. The van der Waals surface area contributed by atoms with Crippen molar-refractivity contribution >= 4 is 0 Å². The zero-order valence-corrected chi connectivity index (χ0v) is 6.02. The number of nitrogens with zero attached hydrogens (tertiary/aromatic N) is 1. The number of nitrogens with one attached hydrogen (secondary N) is 2. The first kappa shape index (κ1) is 7.88. The van der Waals surface area contributed by atoms with E-state index in [4.69, 9.17) is 0 Å². The standard InChI is InChI=1S/C5H15N3/c1-5(6-2)8(4)7-3/h5-7H,1-4H3. The SMILES string of the molecule is CNC(C)N(C)NC. The van der Waals surface area contributed by atoms with Gasteiger partial charge in [-0.3, -0.25) is 5.43 Å². The van der Waals surface area contributed by atoms with Crippen molar-refractivity contribution in [1.29, 1.82) is 0 Å². The summed E-state index contributed by atoms with van der Waals surface area (Å²) in [6, 6.07) is 0. The van der Waals surface area contributed by atoms with E-state index < -0.39 is 0 Å². The lowest BCUT2D eigenvalue weighted by molar-refractivity contribution is 0.172. The van der Waals surface area contributed by atoms with Gasteiger partial charge in [-0.1, -0.05) is 0 Å². The van der Waals surface area contributed by atoms with E-state index in [1.807, 2.05) is 26.2 Å². The minimum Gasteiger partial charge on any atom is -0.304 e. The molecular weight excluding hydrogens is 102 g/mol. The van der Waals surface area contributed by atoms with Gasteiger partial charge in [-0.15, -0.1) is 0 Å². The fourth-order valence-electron chi connectivity index (χ4n) is 0.387. The molecule has 0 heterocycles. The molecule has 0 amide bonds. The molecule has 0 rings (SSSR count). The predicted molar refractivity (Wildman–Crippen MR) is 35.3 cm³/mol. The van der Waals surface area contributed by atoms with Gasteiger partial charge in [-0.05, 0) is 21.0 Å². The maximum atomic E-state index is 3.08. The van der Waals surface area contributed by atoms with Gasteiger partial charge in [0, 0.05) is 7.05 Å². The molecule has 0 radical (unpaired) electrons. The lowest BCUT2D eigenvalue weighted by Gasteiger charge is -2.22. The van der Waals surface area contributed by atoms with Gasteiger partial charge < -0.3 is 5.32 Å². The van der Waals surface area contributed by atoms with Gasteiger partial charge in [0.05, 0.1) is 6.17 Å². The largest absolute Gasteiger partial charge is 0.304 e. The lowest BCUT2D eigenvalue weighted by Crippen LogP contribution is -2.45. The Balaban J connectivity index is 3.29. The van der Waals surface area contributed by atoms with Crippen molar-refractivity contribution in [3.8, 4) is 0 Å². The molecule has 0 bridgehead atoms. The Hall–Kier alpha value is -0.120.